The molecule has 2 rings (SSSR count). The summed E-state index contributed by atoms with van der Waals surface area (Å²) >= 11 is 0. The van der Waals surface area contributed by atoms with Gasteiger partial charge in [0.25, 0.3) is 0 Å². The predicted octanol–water partition coefficient (Wildman–Crippen LogP) is 2.87. The van der Waals surface area contributed by atoms with E-state index in [1.165, 1.54) is 5.56 Å². The Labute approximate surface area is 110 Å². The highest BCUT2D eigenvalue weighted by molar-refractivity contribution is 5.21. The maximum absolute atomic E-state index is 5.83. The van der Waals surface area contributed by atoms with Gasteiger partial charge < -0.3 is 15.2 Å². The summed E-state index contributed by atoms with van der Waals surface area (Å²) in [6.07, 6.45) is 2.39. The van der Waals surface area contributed by atoms with E-state index in [0.717, 1.165) is 31.6 Å². The Morgan fingerprint density at radius 1 is 1.11 bits per heavy atom. The van der Waals surface area contributed by atoms with E-state index in [9.17, 15) is 0 Å². The fourth-order valence-corrected chi connectivity index (χ4v) is 1.83. The Morgan fingerprint density at radius 3 is 2.22 bits per heavy atom. The van der Waals surface area contributed by atoms with Crippen LogP contribution in [0.3, 0.4) is 0 Å². The van der Waals surface area contributed by atoms with Crippen molar-refractivity contribution in [3.8, 4) is 0 Å². The van der Waals surface area contributed by atoms with Gasteiger partial charge in [-0.3, -0.25) is 0 Å². The largest absolute Gasteiger partial charge is 0.381 e. The van der Waals surface area contributed by atoms with Crippen LogP contribution in [-0.4, -0.2) is 19.3 Å². The molecule has 0 radical (unpaired) electrons. The normalized spacial score (nSPS) is 15.9. The molecule has 18 heavy (non-hydrogen) atoms. The zero-order valence-electron chi connectivity index (χ0n) is 11.5. The lowest BCUT2D eigenvalue weighted by Crippen LogP contribution is -2.23. The Balaban J connectivity index is 0.000000771. The summed E-state index contributed by atoms with van der Waals surface area (Å²) in [4.78, 5) is 0. The third-order valence-corrected chi connectivity index (χ3v) is 2.91. The third kappa shape index (κ3) is 5.17. The first-order valence-electron chi connectivity index (χ1n) is 6.85. The van der Waals surface area contributed by atoms with E-state index in [2.05, 4.69) is 24.3 Å². The van der Waals surface area contributed by atoms with Crippen LogP contribution in [0.4, 0.5) is 0 Å². The molecule has 0 atom stereocenters. The zero-order valence-corrected chi connectivity index (χ0v) is 11.5. The molecule has 1 aliphatic rings. The number of nitrogens with two attached hydrogens (primary N) is 1. The minimum absolute atomic E-state index is 0.364. The third-order valence-electron chi connectivity index (χ3n) is 2.91. The molecule has 1 aromatic rings. The highest BCUT2D eigenvalue weighted by atomic mass is 16.5. The molecule has 1 fully saturated rings. The first-order valence-corrected chi connectivity index (χ1v) is 6.85. The van der Waals surface area contributed by atoms with Gasteiger partial charge in [-0.15, -0.1) is 0 Å². The van der Waals surface area contributed by atoms with Gasteiger partial charge in [0.15, 0.2) is 0 Å². The topological polar surface area (TPSA) is 44.5 Å². The molecule has 0 aliphatic carbocycles. The van der Waals surface area contributed by atoms with Gasteiger partial charge in [-0.05, 0) is 24.0 Å². The van der Waals surface area contributed by atoms with Crippen molar-refractivity contribution in [2.75, 3.05) is 13.2 Å². The molecule has 0 unspecified atom stereocenters. The van der Waals surface area contributed by atoms with Crippen molar-refractivity contribution in [2.45, 2.75) is 45.9 Å². The molecule has 3 heteroatoms. The Bertz CT molecular complexity index is 305. The van der Waals surface area contributed by atoms with Crippen molar-refractivity contribution < 1.29 is 9.47 Å². The number of rotatable bonds is 4. The first-order chi connectivity index (χ1) is 8.88. The summed E-state index contributed by atoms with van der Waals surface area (Å²) < 4.78 is 11.1. The van der Waals surface area contributed by atoms with Gasteiger partial charge in [-0.1, -0.05) is 38.1 Å². The van der Waals surface area contributed by atoms with Crippen molar-refractivity contribution in [3.05, 3.63) is 35.4 Å². The van der Waals surface area contributed by atoms with Gasteiger partial charge in [0.05, 0.1) is 12.7 Å². The van der Waals surface area contributed by atoms with Gasteiger partial charge >= 0.3 is 0 Å². The van der Waals surface area contributed by atoms with Gasteiger partial charge in [-0.2, -0.15) is 0 Å². The van der Waals surface area contributed by atoms with Crippen LogP contribution in [0, 0.1) is 0 Å². The molecule has 0 bridgehead atoms. The lowest BCUT2D eigenvalue weighted by atomic mass is 10.1. The first kappa shape index (κ1) is 15.2. The van der Waals surface area contributed by atoms with Crippen molar-refractivity contribution in [1.82, 2.24) is 0 Å². The maximum Gasteiger partial charge on any atom is 0.0720 e. The van der Waals surface area contributed by atoms with Crippen LogP contribution in [0.25, 0.3) is 0 Å². The van der Waals surface area contributed by atoms with Crippen molar-refractivity contribution in [2.24, 2.45) is 5.73 Å². The quantitative estimate of drug-likeness (QED) is 0.895. The summed E-state index contributed by atoms with van der Waals surface area (Å²) in [7, 11) is 0. The molecule has 102 valence electrons. The highest BCUT2D eigenvalue weighted by Gasteiger charge is 2.13. The number of benzene rings is 1. The van der Waals surface area contributed by atoms with Crippen LogP contribution < -0.4 is 5.73 Å². The zero-order chi connectivity index (χ0) is 13.2. The standard InChI is InChI=1S/C13H19NO2.C2H6/c14-9-11-1-3-12(4-2-11)10-16-13-5-7-15-8-6-13;1-2/h1-4,13H,5-10,14H2;1-2H3. The van der Waals surface area contributed by atoms with Gasteiger partial charge in [-0.25, -0.2) is 0 Å². The van der Waals surface area contributed by atoms with Crippen molar-refractivity contribution >= 4 is 0 Å². The molecule has 1 aromatic carbocycles. The summed E-state index contributed by atoms with van der Waals surface area (Å²) in [6.45, 7) is 6.95. The van der Waals surface area contributed by atoms with Crippen LogP contribution in [-0.2, 0) is 22.6 Å². The molecule has 0 saturated carbocycles. The SMILES string of the molecule is CC.NCc1ccc(COC2CCOCC2)cc1. The fourth-order valence-electron chi connectivity index (χ4n) is 1.83. The van der Waals surface area contributed by atoms with E-state index in [1.807, 2.05) is 13.8 Å². The van der Waals surface area contributed by atoms with Gasteiger partial charge in [0.1, 0.15) is 0 Å². The number of hydrogen-bond donors (Lipinski definition) is 1. The average molecular weight is 251 g/mol. The second-order valence-electron chi connectivity index (χ2n) is 4.14. The molecule has 0 aromatic heterocycles. The molecular formula is C15H25NO2. The summed E-state index contributed by atoms with van der Waals surface area (Å²) in [5, 5.41) is 0. The summed E-state index contributed by atoms with van der Waals surface area (Å²) in [5.41, 5.74) is 7.92. The average Bonchev–Trinajstić information content (AvgIpc) is 2.49. The molecule has 1 heterocycles. The Kier molecular flexibility index (Phi) is 7.65. The van der Waals surface area contributed by atoms with Crippen LogP contribution >= 0.6 is 0 Å². The van der Waals surface area contributed by atoms with Crippen LogP contribution in [0.1, 0.15) is 37.8 Å². The minimum Gasteiger partial charge on any atom is -0.381 e. The molecule has 1 aliphatic heterocycles. The van der Waals surface area contributed by atoms with Gasteiger partial charge in [0.2, 0.25) is 0 Å². The van der Waals surface area contributed by atoms with E-state index in [4.69, 9.17) is 15.2 Å². The number of hydrogen-bond acceptors (Lipinski definition) is 3. The number of ether oxygens (including phenoxy) is 2. The van der Waals surface area contributed by atoms with Crippen molar-refractivity contribution in [3.63, 3.8) is 0 Å². The molecular weight excluding hydrogens is 226 g/mol. The molecule has 2 N–H and O–H groups in total. The lowest BCUT2D eigenvalue weighted by molar-refractivity contribution is -0.0390. The molecule has 1 saturated heterocycles. The lowest BCUT2D eigenvalue weighted by Gasteiger charge is -2.22. The molecule has 0 amide bonds. The molecule has 0 spiro atoms. The molecule has 3 nitrogen and oxygen atoms in total. The summed E-state index contributed by atoms with van der Waals surface area (Å²) in [5.74, 6) is 0. The monoisotopic (exact) mass is 251 g/mol. The second-order valence-corrected chi connectivity index (χ2v) is 4.14. The maximum atomic E-state index is 5.83. The Morgan fingerprint density at radius 2 is 1.67 bits per heavy atom. The summed E-state index contributed by atoms with van der Waals surface area (Å²) in [6, 6.07) is 8.29. The van der Waals surface area contributed by atoms with E-state index >= 15 is 0 Å². The predicted molar refractivity (Wildman–Crippen MR) is 74.3 cm³/mol. The van der Waals surface area contributed by atoms with Crippen LogP contribution in [0.2, 0.25) is 0 Å². The van der Waals surface area contributed by atoms with E-state index < -0.39 is 0 Å². The highest BCUT2D eigenvalue weighted by Crippen LogP contribution is 2.13. The van der Waals surface area contributed by atoms with E-state index in [-0.39, 0.29) is 0 Å². The minimum atomic E-state index is 0.364. The Hall–Kier alpha value is -0.900. The van der Waals surface area contributed by atoms with Crippen molar-refractivity contribution in [1.29, 1.82) is 0 Å². The van der Waals surface area contributed by atoms with Crippen LogP contribution in [0.15, 0.2) is 24.3 Å². The van der Waals surface area contributed by atoms with E-state index in [0.29, 0.717) is 19.3 Å². The van der Waals surface area contributed by atoms with Gasteiger partial charge in [0, 0.05) is 19.8 Å². The fraction of sp³-hybridized carbons (Fsp3) is 0.600. The second kappa shape index (κ2) is 9.09. The van der Waals surface area contributed by atoms with E-state index in [1.54, 1.807) is 0 Å². The van der Waals surface area contributed by atoms with Crippen LogP contribution in [0.5, 0.6) is 0 Å². The smallest absolute Gasteiger partial charge is 0.0720 e.